The van der Waals surface area contributed by atoms with Gasteiger partial charge in [0.1, 0.15) is 11.8 Å². The van der Waals surface area contributed by atoms with E-state index >= 15 is 0 Å². The minimum Gasteiger partial charge on any atom is -0.496 e. The summed E-state index contributed by atoms with van der Waals surface area (Å²) in [6.07, 6.45) is 1.60. The zero-order valence-corrected chi connectivity index (χ0v) is 12.9. The molecule has 21 heavy (non-hydrogen) atoms. The van der Waals surface area contributed by atoms with E-state index in [0.29, 0.717) is 29.3 Å². The van der Waals surface area contributed by atoms with Gasteiger partial charge in [0.25, 0.3) is 0 Å². The van der Waals surface area contributed by atoms with Crippen molar-refractivity contribution in [3.05, 3.63) is 28.8 Å². The van der Waals surface area contributed by atoms with Gasteiger partial charge < -0.3 is 14.4 Å². The first-order chi connectivity index (χ1) is 10.1. The fraction of sp³-hybridized carbons (Fsp3) is 0.467. The van der Waals surface area contributed by atoms with Gasteiger partial charge in [0, 0.05) is 17.1 Å². The molecule has 2 rings (SSSR count). The third-order valence-corrected chi connectivity index (χ3v) is 3.87. The predicted octanol–water partition coefficient (Wildman–Crippen LogP) is 2.06. The van der Waals surface area contributed by atoms with Crippen LogP contribution in [0.3, 0.4) is 0 Å². The van der Waals surface area contributed by atoms with E-state index < -0.39 is 6.04 Å². The smallest absolute Gasteiger partial charge is 0.328 e. The van der Waals surface area contributed by atoms with Crippen molar-refractivity contribution >= 4 is 23.5 Å². The van der Waals surface area contributed by atoms with E-state index in [1.165, 1.54) is 7.11 Å². The van der Waals surface area contributed by atoms with Gasteiger partial charge in [0.15, 0.2) is 0 Å². The number of esters is 1. The summed E-state index contributed by atoms with van der Waals surface area (Å²) >= 11 is 5.96. The predicted molar refractivity (Wildman–Crippen MR) is 78.5 cm³/mol. The molecule has 0 spiro atoms. The molecular weight excluding hydrogens is 294 g/mol. The van der Waals surface area contributed by atoms with Crippen LogP contribution in [0.5, 0.6) is 5.75 Å². The van der Waals surface area contributed by atoms with Crippen LogP contribution in [-0.4, -0.2) is 43.6 Å². The molecule has 5 nitrogen and oxygen atoms in total. The highest BCUT2D eigenvalue weighted by Crippen LogP contribution is 2.25. The number of ether oxygens (including phenoxy) is 2. The molecule has 0 bridgehead atoms. The van der Waals surface area contributed by atoms with Crippen molar-refractivity contribution in [2.75, 3.05) is 20.8 Å². The molecule has 1 heterocycles. The van der Waals surface area contributed by atoms with Crippen molar-refractivity contribution in [2.24, 2.45) is 0 Å². The van der Waals surface area contributed by atoms with Crippen LogP contribution < -0.4 is 4.74 Å². The highest BCUT2D eigenvalue weighted by atomic mass is 35.5. The number of likely N-dealkylation sites (tertiary alicyclic amines) is 1. The number of halogens is 1. The molecule has 6 heteroatoms. The van der Waals surface area contributed by atoms with Crippen LogP contribution >= 0.6 is 11.6 Å². The number of hydrogen-bond acceptors (Lipinski definition) is 4. The summed E-state index contributed by atoms with van der Waals surface area (Å²) < 4.78 is 9.99. The van der Waals surface area contributed by atoms with Crippen molar-refractivity contribution in [3.8, 4) is 5.75 Å². The summed E-state index contributed by atoms with van der Waals surface area (Å²) in [6.45, 7) is 0.571. The number of amides is 1. The lowest BCUT2D eigenvalue weighted by Gasteiger charge is -2.23. The second-order valence-electron chi connectivity index (χ2n) is 4.90. The van der Waals surface area contributed by atoms with Gasteiger partial charge in [-0.3, -0.25) is 4.79 Å². The maximum Gasteiger partial charge on any atom is 0.328 e. The molecule has 0 radical (unpaired) electrons. The topological polar surface area (TPSA) is 55.8 Å². The van der Waals surface area contributed by atoms with Gasteiger partial charge in [-0.1, -0.05) is 11.6 Å². The summed E-state index contributed by atoms with van der Waals surface area (Å²) in [7, 11) is 2.88. The molecule has 0 aromatic heterocycles. The summed E-state index contributed by atoms with van der Waals surface area (Å²) in [6, 6.07) is 4.67. The van der Waals surface area contributed by atoms with Crippen LogP contribution in [0.2, 0.25) is 5.02 Å². The van der Waals surface area contributed by atoms with Gasteiger partial charge in [-0.2, -0.15) is 0 Å². The van der Waals surface area contributed by atoms with E-state index in [2.05, 4.69) is 0 Å². The Bertz CT molecular complexity index is 546. The van der Waals surface area contributed by atoms with Gasteiger partial charge in [0.2, 0.25) is 5.91 Å². The average molecular weight is 312 g/mol. The molecule has 1 aliphatic heterocycles. The number of methoxy groups -OCH3 is 2. The van der Waals surface area contributed by atoms with Crippen molar-refractivity contribution in [2.45, 2.75) is 25.3 Å². The van der Waals surface area contributed by atoms with Crippen molar-refractivity contribution in [1.82, 2.24) is 4.90 Å². The number of benzene rings is 1. The quantitative estimate of drug-likeness (QED) is 0.799. The summed E-state index contributed by atoms with van der Waals surface area (Å²) in [5.74, 6) is 0.129. The molecule has 1 atom stereocenters. The summed E-state index contributed by atoms with van der Waals surface area (Å²) in [5, 5.41) is 0.546. The van der Waals surface area contributed by atoms with Gasteiger partial charge >= 0.3 is 5.97 Å². The third-order valence-electron chi connectivity index (χ3n) is 3.63. The summed E-state index contributed by atoms with van der Waals surface area (Å²) in [4.78, 5) is 25.7. The normalized spacial score (nSPS) is 17.7. The van der Waals surface area contributed by atoms with Gasteiger partial charge in [-0.15, -0.1) is 0 Å². The lowest BCUT2D eigenvalue weighted by molar-refractivity contribution is -0.150. The van der Waals surface area contributed by atoms with Gasteiger partial charge in [-0.25, -0.2) is 4.79 Å². The fourth-order valence-corrected chi connectivity index (χ4v) is 2.79. The highest BCUT2D eigenvalue weighted by molar-refractivity contribution is 6.30. The average Bonchev–Trinajstić information content (AvgIpc) is 2.96. The molecule has 0 aliphatic carbocycles. The molecule has 0 saturated carbocycles. The SMILES string of the molecule is COC(=O)C1CCCN1C(=O)Cc1cc(Cl)ccc1OC. The lowest BCUT2D eigenvalue weighted by atomic mass is 10.1. The molecule has 114 valence electrons. The van der Waals surface area contributed by atoms with Crippen molar-refractivity contribution in [1.29, 1.82) is 0 Å². The zero-order chi connectivity index (χ0) is 15.4. The van der Waals surface area contributed by atoms with Crippen LogP contribution in [0, 0.1) is 0 Å². The lowest BCUT2D eigenvalue weighted by Crippen LogP contribution is -2.41. The monoisotopic (exact) mass is 311 g/mol. The molecule has 1 aliphatic rings. The number of carbonyl (C=O) groups excluding carboxylic acids is 2. The first-order valence-corrected chi connectivity index (χ1v) is 7.14. The maximum atomic E-state index is 12.4. The molecular formula is C15H18ClNO4. The molecule has 1 unspecified atom stereocenters. The Kier molecular flexibility index (Phi) is 5.07. The second kappa shape index (κ2) is 6.80. The number of nitrogens with zero attached hydrogens (tertiary/aromatic N) is 1. The third kappa shape index (κ3) is 3.47. The standard InChI is InChI=1S/C15H18ClNO4/c1-20-13-6-5-11(16)8-10(13)9-14(18)17-7-3-4-12(17)15(19)21-2/h5-6,8,12H,3-4,7,9H2,1-2H3. The van der Waals surface area contributed by atoms with Crippen LogP contribution in [-0.2, 0) is 20.7 Å². The van der Waals surface area contributed by atoms with E-state index in [-0.39, 0.29) is 18.3 Å². The minimum absolute atomic E-state index is 0.122. The Balaban J connectivity index is 2.14. The minimum atomic E-state index is -0.479. The molecule has 1 fully saturated rings. The Hall–Kier alpha value is -1.75. The van der Waals surface area contributed by atoms with E-state index in [1.54, 1.807) is 30.2 Å². The first-order valence-electron chi connectivity index (χ1n) is 6.76. The fourth-order valence-electron chi connectivity index (χ4n) is 2.60. The molecule has 1 saturated heterocycles. The zero-order valence-electron chi connectivity index (χ0n) is 12.1. The Labute approximate surface area is 128 Å². The van der Waals surface area contributed by atoms with E-state index in [4.69, 9.17) is 21.1 Å². The molecule has 0 N–H and O–H groups in total. The van der Waals surface area contributed by atoms with Gasteiger partial charge in [0.05, 0.1) is 20.6 Å². The molecule has 1 amide bonds. The Morgan fingerprint density at radius 1 is 1.38 bits per heavy atom. The Morgan fingerprint density at radius 2 is 2.14 bits per heavy atom. The van der Waals surface area contributed by atoms with E-state index in [1.807, 2.05) is 0 Å². The van der Waals surface area contributed by atoms with Gasteiger partial charge in [-0.05, 0) is 31.0 Å². The number of hydrogen-bond donors (Lipinski definition) is 0. The number of rotatable bonds is 4. The summed E-state index contributed by atoms with van der Waals surface area (Å²) in [5.41, 5.74) is 0.713. The first kappa shape index (κ1) is 15.6. The maximum absolute atomic E-state index is 12.4. The largest absolute Gasteiger partial charge is 0.496 e. The molecule has 1 aromatic carbocycles. The van der Waals surface area contributed by atoms with Crippen molar-refractivity contribution in [3.63, 3.8) is 0 Å². The Morgan fingerprint density at radius 3 is 2.81 bits per heavy atom. The van der Waals surface area contributed by atoms with Crippen LogP contribution in [0.1, 0.15) is 18.4 Å². The van der Waals surface area contributed by atoms with E-state index in [9.17, 15) is 9.59 Å². The van der Waals surface area contributed by atoms with E-state index in [0.717, 1.165) is 6.42 Å². The van der Waals surface area contributed by atoms with Crippen LogP contribution in [0.15, 0.2) is 18.2 Å². The second-order valence-corrected chi connectivity index (χ2v) is 5.34. The van der Waals surface area contributed by atoms with Crippen LogP contribution in [0.4, 0.5) is 0 Å². The van der Waals surface area contributed by atoms with Crippen molar-refractivity contribution < 1.29 is 19.1 Å². The molecule has 1 aromatic rings. The van der Waals surface area contributed by atoms with Crippen LogP contribution in [0.25, 0.3) is 0 Å². The number of carbonyl (C=O) groups is 2. The highest BCUT2D eigenvalue weighted by Gasteiger charge is 2.34.